The number of aromatic nitrogens is 1. The van der Waals surface area contributed by atoms with Crippen LogP contribution in [0.4, 0.5) is 13.2 Å². The third-order valence-electron chi connectivity index (χ3n) is 7.47. The molecule has 1 N–H and O–H groups in total. The molecule has 2 aliphatic rings. The number of benzene rings is 2. The Morgan fingerprint density at radius 3 is 2.54 bits per heavy atom. The number of halogens is 3. The van der Waals surface area contributed by atoms with E-state index in [4.69, 9.17) is 0 Å². The molecule has 0 aliphatic carbocycles. The summed E-state index contributed by atoms with van der Waals surface area (Å²) in [6, 6.07) is 16.7. The molecule has 0 saturated carbocycles. The SMILES string of the molecule is O=C(CC1c2cccn2CCN1S(=O)(=O)c1cccc(C(F)(F)F)c1)NCC1CCN(Cc2ccccc2)C1. The zero-order chi connectivity index (χ0) is 27.6. The summed E-state index contributed by atoms with van der Waals surface area (Å²) in [7, 11) is -4.29. The van der Waals surface area contributed by atoms with Gasteiger partial charge in [0, 0.05) is 51.0 Å². The van der Waals surface area contributed by atoms with E-state index >= 15 is 0 Å². The van der Waals surface area contributed by atoms with Crippen LogP contribution in [0, 0.1) is 5.92 Å². The minimum atomic E-state index is -4.67. The largest absolute Gasteiger partial charge is 0.416 e. The average molecular weight is 561 g/mol. The number of alkyl halides is 3. The molecule has 2 aliphatic heterocycles. The van der Waals surface area contributed by atoms with Gasteiger partial charge in [-0.05, 0) is 54.8 Å². The number of likely N-dealkylation sites (tertiary alicyclic amines) is 1. The number of fused-ring (bicyclic) bond motifs is 1. The first kappa shape index (κ1) is 27.4. The third-order valence-corrected chi connectivity index (χ3v) is 9.37. The zero-order valence-electron chi connectivity index (χ0n) is 21.3. The van der Waals surface area contributed by atoms with Gasteiger partial charge in [0.25, 0.3) is 0 Å². The van der Waals surface area contributed by atoms with E-state index < -0.39 is 32.7 Å². The molecular formula is C28H31F3N4O3S. The lowest BCUT2D eigenvalue weighted by Gasteiger charge is -2.36. The summed E-state index contributed by atoms with van der Waals surface area (Å²) in [6.07, 6.45) is -2.02. The van der Waals surface area contributed by atoms with Crippen LogP contribution >= 0.6 is 0 Å². The van der Waals surface area contributed by atoms with Crippen molar-refractivity contribution in [1.29, 1.82) is 0 Å². The molecule has 39 heavy (non-hydrogen) atoms. The number of amides is 1. The number of nitrogens with zero attached hydrogens (tertiary/aromatic N) is 3. The van der Waals surface area contributed by atoms with Gasteiger partial charge in [-0.15, -0.1) is 0 Å². The first-order valence-corrected chi connectivity index (χ1v) is 14.4. The number of rotatable bonds is 8. The van der Waals surface area contributed by atoms with E-state index in [1.807, 2.05) is 29.0 Å². The first-order chi connectivity index (χ1) is 18.6. The lowest BCUT2D eigenvalue weighted by Crippen LogP contribution is -2.44. The highest BCUT2D eigenvalue weighted by Gasteiger charge is 2.39. The molecule has 2 atom stereocenters. The third kappa shape index (κ3) is 6.21. The maximum absolute atomic E-state index is 13.6. The first-order valence-electron chi connectivity index (χ1n) is 13.0. The van der Waals surface area contributed by atoms with Crippen LogP contribution in [0.15, 0.2) is 77.8 Å². The van der Waals surface area contributed by atoms with Gasteiger partial charge in [0.1, 0.15) is 0 Å². The van der Waals surface area contributed by atoms with Gasteiger partial charge in [-0.1, -0.05) is 36.4 Å². The van der Waals surface area contributed by atoms with Crippen molar-refractivity contribution in [3.8, 4) is 0 Å². The maximum atomic E-state index is 13.6. The Morgan fingerprint density at radius 2 is 1.77 bits per heavy atom. The van der Waals surface area contributed by atoms with Crippen molar-refractivity contribution >= 4 is 15.9 Å². The van der Waals surface area contributed by atoms with Gasteiger partial charge in [-0.2, -0.15) is 17.5 Å². The summed E-state index contributed by atoms with van der Waals surface area (Å²) in [5.41, 5.74) is 0.850. The number of hydrogen-bond acceptors (Lipinski definition) is 4. The van der Waals surface area contributed by atoms with Gasteiger partial charge >= 0.3 is 6.18 Å². The van der Waals surface area contributed by atoms with E-state index in [0.717, 1.165) is 48.6 Å². The smallest absolute Gasteiger partial charge is 0.356 e. The summed E-state index contributed by atoms with van der Waals surface area (Å²) >= 11 is 0. The fourth-order valence-corrected chi connectivity index (χ4v) is 7.11. The van der Waals surface area contributed by atoms with Gasteiger partial charge in [0.05, 0.1) is 16.5 Å². The quantitative estimate of drug-likeness (QED) is 0.447. The van der Waals surface area contributed by atoms with Crippen molar-refractivity contribution in [2.24, 2.45) is 5.92 Å². The van der Waals surface area contributed by atoms with Crippen LogP contribution in [0.1, 0.15) is 35.7 Å². The molecule has 11 heteroatoms. The van der Waals surface area contributed by atoms with E-state index in [1.54, 1.807) is 12.1 Å². The fourth-order valence-electron chi connectivity index (χ4n) is 5.48. The van der Waals surface area contributed by atoms with Crippen molar-refractivity contribution < 1.29 is 26.4 Å². The number of carbonyl (C=O) groups is 1. The standard InChI is InChI=1S/C28H31F3N4O3S/c29-28(30,31)23-8-4-9-24(16-23)39(37,38)35-15-14-34-12-5-10-25(34)26(35)17-27(36)32-18-22-11-13-33(20-22)19-21-6-2-1-3-7-21/h1-10,12,16,22,26H,11,13-15,17-20H2,(H,32,36). The normalized spacial score (nSPS) is 20.6. The van der Waals surface area contributed by atoms with Gasteiger partial charge in [-0.25, -0.2) is 8.42 Å². The minimum Gasteiger partial charge on any atom is -0.356 e. The topological polar surface area (TPSA) is 74.6 Å². The molecule has 1 fully saturated rings. The molecular weight excluding hydrogens is 529 g/mol. The van der Waals surface area contributed by atoms with Crippen LogP contribution in [0.25, 0.3) is 0 Å². The second kappa shape index (κ2) is 11.1. The molecule has 1 saturated heterocycles. The van der Waals surface area contributed by atoms with E-state index in [1.165, 1.54) is 5.56 Å². The van der Waals surface area contributed by atoms with Crippen molar-refractivity contribution in [3.63, 3.8) is 0 Å². The summed E-state index contributed by atoms with van der Waals surface area (Å²) in [5, 5.41) is 2.97. The molecule has 0 spiro atoms. The second-order valence-electron chi connectivity index (χ2n) is 10.2. The second-order valence-corrected chi connectivity index (χ2v) is 12.1. The maximum Gasteiger partial charge on any atom is 0.416 e. The lowest BCUT2D eigenvalue weighted by molar-refractivity contribution is -0.137. The molecule has 0 radical (unpaired) electrons. The van der Waals surface area contributed by atoms with E-state index in [0.29, 0.717) is 24.8 Å². The predicted octanol–water partition coefficient (Wildman–Crippen LogP) is 4.28. The molecule has 208 valence electrons. The molecule has 7 nitrogen and oxygen atoms in total. The highest BCUT2D eigenvalue weighted by Crippen LogP contribution is 2.36. The van der Waals surface area contributed by atoms with Crippen LogP contribution < -0.4 is 5.32 Å². The molecule has 0 bridgehead atoms. The van der Waals surface area contributed by atoms with Gasteiger partial charge in [0.15, 0.2) is 0 Å². The molecule has 3 aromatic rings. The van der Waals surface area contributed by atoms with Gasteiger partial charge in [-0.3, -0.25) is 9.69 Å². The van der Waals surface area contributed by atoms with Gasteiger partial charge < -0.3 is 9.88 Å². The monoisotopic (exact) mass is 560 g/mol. The Balaban J connectivity index is 1.26. The van der Waals surface area contributed by atoms with Crippen LogP contribution in [0.5, 0.6) is 0 Å². The number of nitrogens with one attached hydrogen (secondary N) is 1. The molecule has 1 amide bonds. The molecule has 3 heterocycles. The van der Waals surface area contributed by atoms with Crippen molar-refractivity contribution in [2.45, 2.75) is 43.0 Å². The fraction of sp³-hybridized carbons (Fsp3) is 0.393. The minimum absolute atomic E-state index is 0.0509. The average Bonchev–Trinajstić information content (AvgIpc) is 3.57. The lowest BCUT2D eigenvalue weighted by atomic mass is 10.1. The molecule has 2 unspecified atom stereocenters. The Hall–Kier alpha value is -3.15. The number of carbonyl (C=O) groups excluding carboxylic acids is 1. The highest BCUT2D eigenvalue weighted by atomic mass is 32.2. The Morgan fingerprint density at radius 1 is 0.974 bits per heavy atom. The van der Waals surface area contributed by atoms with Gasteiger partial charge in [0.2, 0.25) is 15.9 Å². The van der Waals surface area contributed by atoms with E-state index in [2.05, 4.69) is 22.3 Å². The number of sulfonamides is 1. The molecule has 5 rings (SSSR count). The van der Waals surface area contributed by atoms with Crippen LogP contribution in [0.3, 0.4) is 0 Å². The van der Waals surface area contributed by atoms with E-state index in [-0.39, 0.29) is 24.8 Å². The van der Waals surface area contributed by atoms with Crippen LogP contribution in [-0.2, 0) is 34.1 Å². The molecule has 2 aromatic carbocycles. The van der Waals surface area contributed by atoms with Crippen molar-refractivity contribution in [2.75, 3.05) is 26.2 Å². The summed E-state index contributed by atoms with van der Waals surface area (Å²) in [6.45, 7) is 3.53. The Bertz CT molecular complexity index is 1410. The van der Waals surface area contributed by atoms with Crippen LogP contribution in [-0.4, -0.2) is 54.3 Å². The van der Waals surface area contributed by atoms with Crippen LogP contribution in [0.2, 0.25) is 0 Å². The van der Waals surface area contributed by atoms with Crippen molar-refractivity contribution in [3.05, 3.63) is 89.7 Å². The summed E-state index contributed by atoms with van der Waals surface area (Å²) < 4.78 is 70.0. The number of hydrogen-bond donors (Lipinski definition) is 1. The zero-order valence-corrected chi connectivity index (χ0v) is 22.2. The molecule has 1 aromatic heterocycles. The summed E-state index contributed by atoms with van der Waals surface area (Å²) in [4.78, 5) is 15.0. The Labute approximate surface area is 226 Å². The van der Waals surface area contributed by atoms with E-state index in [9.17, 15) is 26.4 Å². The summed E-state index contributed by atoms with van der Waals surface area (Å²) in [5.74, 6) is -0.00164. The Kier molecular flexibility index (Phi) is 7.84. The van der Waals surface area contributed by atoms with Crippen molar-refractivity contribution in [1.82, 2.24) is 19.1 Å². The predicted molar refractivity (Wildman–Crippen MR) is 140 cm³/mol. The highest BCUT2D eigenvalue weighted by molar-refractivity contribution is 7.89.